The number of aromatic nitrogens is 2. The van der Waals surface area contributed by atoms with Gasteiger partial charge in [0.05, 0.1) is 0 Å². The number of anilines is 2. The maximum Gasteiger partial charge on any atom is 0.286 e. The van der Waals surface area contributed by atoms with E-state index in [2.05, 4.69) is 20.8 Å². The summed E-state index contributed by atoms with van der Waals surface area (Å²) in [4.78, 5) is 12.2. The molecule has 0 unspecified atom stereocenters. The molecule has 5 nitrogen and oxygen atoms in total. The summed E-state index contributed by atoms with van der Waals surface area (Å²) in [6, 6.07) is 4.10. The molecule has 2 aromatic rings. The van der Waals surface area contributed by atoms with Crippen LogP contribution in [0, 0.1) is 20.8 Å². The second-order valence-electron chi connectivity index (χ2n) is 4.67. The molecule has 0 saturated heterocycles. The van der Waals surface area contributed by atoms with Crippen molar-refractivity contribution in [3.05, 3.63) is 33.8 Å². The Morgan fingerprint density at radius 3 is 2.45 bits per heavy atom. The first-order valence-corrected chi connectivity index (χ1v) is 7.29. The van der Waals surface area contributed by atoms with E-state index in [4.69, 9.17) is 0 Å². The first-order chi connectivity index (χ1) is 9.51. The lowest BCUT2D eigenvalue weighted by atomic mass is 10.1. The number of benzene rings is 1. The van der Waals surface area contributed by atoms with Crippen molar-refractivity contribution >= 4 is 28.1 Å². The molecule has 0 aliphatic rings. The predicted molar refractivity (Wildman–Crippen MR) is 82.7 cm³/mol. The number of amides is 1. The van der Waals surface area contributed by atoms with E-state index in [0.717, 1.165) is 23.4 Å². The van der Waals surface area contributed by atoms with E-state index in [1.165, 1.54) is 16.9 Å². The first kappa shape index (κ1) is 14.5. The van der Waals surface area contributed by atoms with E-state index in [1.807, 2.05) is 39.8 Å². The third-order valence-electron chi connectivity index (χ3n) is 2.86. The predicted octanol–water partition coefficient (Wildman–Crippen LogP) is 3.15. The van der Waals surface area contributed by atoms with Crippen LogP contribution in [-0.2, 0) is 0 Å². The van der Waals surface area contributed by atoms with E-state index in [1.54, 1.807) is 0 Å². The molecular weight excluding hydrogens is 272 g/mol. The lowest BCUT2D eigenvalue weighted by Gasteiger charge is -2.11. The lowest BCUT2D eigenvalue weighted by molar-refractivity contribution is 0.102. The molecule has 1 aromatic heterocycles. The second kappa shape index (κ2) is 6.00. The lowest BCUT2D eigenvalue weighted by Crippen LogP contribution is -2.13. The molecule has 20 heavy (non-hydrogen) atoms. The molecule has 0 radical (unpaired) electrons. The van der Waals surface area contributed by atoms with E-state index >= 15 is 0 Å². The van der Waals surface area contributed by atoms with Gasteiger partial charge in [0.2, 0.25) is 10.1 Å². The van der Waals surface area contributed by atoms with Crippen molar-refractivity contribution in [1.29, 1.82) is 0 Å². The summed E-state index contributed by atoms with van der Waals surface area (Å²) >= 11 is 1.25. The van der Waals surface area contributed by atoms with Crippen molar-refractivity contribution in [3.8, 4) is 0 Å². The molecule has 106 valence electrons. The van der Waals surface area contributed by atoms with Crippen molar-refractivity contribution in [3.63, 3.8) is 0 Å². The molecule has 0 fully saturated rings. The minimum absolute atomic E-state index is 0.221. The highest BCUT2D eigenvalue weighted by atomic mass is 32.1. The van der Waals surface area contributed by atoms with Crippen LogP contribution in [0.25, 0.3) is 0 Å². The van der Waals surface area contributed by atoms with Crippen LogP contribution < -0.4 is 10.6 Å². The molecule has 1 amide bonds. The zero-order valence-electron chi connectivity index (χ0n) is 12.1. The fraction of sp³-hybridized carbons (Fsp3) is 0.357. The standard InChI is InChI=1S/C14H18N4OS/c1-5-15-14-18-17-13(20-14)12(19)16-11-9(3)6-8(2)7-10(11)4/h6-7H,5H2,1-4H3,(H,15,18)(H,16,19). The summed E-state index contributed by atoms with van der Waals surface area (Å²) in [5.74, 6) is -0.221. The van der Waals surface area contributed by atoms with Gasteiger partial charge in [-0.25, -0.2) is 0 Å². The molecule has 0 aliphatic heterocycles. The van der Waals surface area contributed by atoms with E-state index in [-0.39, 0.29) is 5.91 Å². The van der Waals surface area contributed by atoms with Gasteiger partial charge >= 0.3 is 0 Å². The molecule has 1 heterocycles. The van der Waals surface area contributed by atoms with Crippen LogP contribution in [0.5, 0.6) is 0 Å². The Morgan fingerprint density at radius 1 is 1.20 bits per heavy atom. The van der Waals surface area contributed by atoms with Gasteiger partial charge < -0.3 is 10.6 Å². The van der Waals surface area contributed by atoms with Gasteiger partial charge in [-0.15, -0.1) is 10.2 Å². The highest BCUT2D eigenvalue weighted by Crippen LogP contribution is 2.23. The van der Waals surface area contributed by atoms with Crippen LogP contribution in [0.2, 0.25) is 0 Å². The Kier molecular flexibility index (Phi) is 4.34. The first-order valence-electron chi connectivity index (χ1n) is 6.47. The zero-order chi connectivity index (χ0) is 14.7. The van der Waals surface area contributed by atoms with Crippen LogP contribution in [0.4, 0.5) is 10.8 Å². The largest absolute Gasteiger partial charge is 0.360 e. The minimum Gasteiger partial charge on any atom is -0.360 e. The third kappa shape index (κ3) is 3.14. The summed E-state index contributed by atoms with van der Waals surface area (Å²) in [7, 11) is 0. The maximum atomic E-state index is 12.2. The Morgan fingerprint density at radius 2 is 1.85 bits per heavy atom. The Hall–Kier alpha value is -1.95. The van der Waals surface area contributed by atoms with Gasteiger partial charge in [0, 0.05) is 12.2 Å². The Bertz CT molecular complexity index is 613. The molecule has 0 saturated carbocycles. The number of hydrogen-bond acceptors (Lipinski definition) is 5. The van der Waals surface area contributed by atoms with Crippen LogP contribution in [0.3, 0.4) is 0 Å². The van der Waals surface area contributed by atoms with Gasteiger partial charge in [-0.1, -0.05) is 29.0 Å². The molecule has 0 aliphatic carbocycles. The third-order valence-corrected chi connectivity index (χ3v) is 3.74. The van der Waals surface area contributed by atoms with Crippen LogP contribution >= 0.6 is 11.3 Å². The van der Waals surface area contributed by atoms with Gasteiger partial charge in [-0.05, 0) is 38.8 Å². The number of carbonyl (C=O) groups is 1. The number of nitrogens with zero attached hydrogens (tertiary/aromatic N) is 2. The van der Waals surface area contributed by atoms with Gasteiger partial charge in [0.15, 0.2) is 0 Å². The topological polar surface area (TPSA) is 66.9 Å². The smallest absolute Gasteiger partial charge is 0.286 e. The zero-order valence-corrected chi connectivity index (χ0v) is 12.9. The second-order valence-corrected chi connectivity index (χ2v) is 5.65. The summed E-state index contributed by atoms with van der Waals surface area (Å²) < 4.78 is 0. The van der Waals surface area contributed by atoms with Gasteiger partial charge in [0.1, 0.15) is 0 Å². The number of aryl methyl sites for hydroxylation is 3. The SMILES string of the molecule is CCNc1nnc(C(=O)Nc2c(C)cc(C)cc2C)s1. The van der Waals surface area contributed by atoms with E-state index < -0.39 is 0 Å². The fourth-order valence-corrected chi connectivity index (χ4v) is 2.79. The van der Waals surface area contributed by atoms with E-state index in [0.29, 0.717) is 10.1 Å². The fourth-order valence-electron chi connectivity index (χ4n) is 2.08. The molecular formula is C14H18N4OS. The van der Waals surface area contributed by atoms with Crippen molar-refractivity contribution in [2.24, 2.45) is 0 Å². The quantitative estimate of drug-likeness (QED) is 0.907. The van der Waals surface area contributed by atoms with Crippen LogP contribution in [0.1, 0.15) is 33.4 Å². The van der Waals surface area contributed by atoms with Gasteiger partial charge in [-0.2, -0.15) is 0 Å². The molecule has 0 atom stereocenters. The normalized spacial score (nSPS) is 10.4. The highest BCUT2D eigenvalue weighted by molar-refractivity contribution is 7.17. The number of carbonyl (C=O) groups excluding carboxylic acids is 1. The Balaban J connectivity index is 2.19. The number of hydrogen-bond donors (Lipinski definition) is 2. The van der Waals surface area contributed by atoms with Gasteiger partial charge in [0.25, 0.3) is 5.91 Å². The van der Waals surface area contributed by atoms with Crippen molar-refractivity contribution in [2.45, 2.75) is 27.7 Å². The molecule has 6 heteroatoms. The summed E-state index contributed by atoms with van der Waals surface area (Å²) in [6.45, 7) is 8.74. The molecule has 2 N–H and O–H groups in total. The highest BCUT2D eigenvalue weighted by Gasteiger charge is 2.15. The van der Waals surface area contributed by atoms with Crippen molar-refractivity contribution in [2.75, 3.05) is 17.2 Å². The summed E-state index contributed by atoms with van der Waals surface area (Å²) in [6.07, 6.45) is 0. The number of rotatable bonds is 4. The average Bonchev–Trinajstić information content (AvgIpc) is 2.82. The molecule has 2 rings (SSSR count). The van der Waals surface area contributed by atoms with E-state index in [9.17, 15) is 4.79 Å². The van der Waals surface area contributed by atoms with Crippen LogP contribution in [0.15, 0.2) is 12.1 Å². The Labute approximate surface area is 122 Å². The molecule has 1 aromatic carbocycles. The van der Waals surface area contributed by atoms with Crippen molar-refractivity contribution < 1.29 is 4.79 Å². The van der Waals surface area contributed by atoms with Crippen molar-refractivity contribution in [1.82, 2.24) is 10.2 Å². The molecule has 0 spiro atoms. The minimum atomic E-state index is -0.221. The summed E-state index contributed by atoms with van der Waals surface area (Å²) in [5.41, 5.74) is 4.13. The summed E-state index contributed by atoms with van der Waals surface area (Å²) in [5, 5.41) is 14.8. The van der Waals surface area contributed by atoms with Crippen LogP contribution in [-0.4, -0.2) is 22.6 Å². The number of nitrogens with one attached hydrogen (secondary N) is 2. The molecule has 0 bridgehead atoms. The average molecular weight is 290 g/mol. The van der Waals surface area contributed by atoms with Gasteiger partial charge in [-0.3, -0.25) is 4.79 Å². The maximum absolute atomic E-state index is 12.2. The monoisotopic (exact) mass is 290 g/mol.